The van der Waals surface area contributed by atoms with Gasteiger partial charge in [-0.2, -0.15) is 5.26 Å². The molecule has 0 spiro atoms. The van der Waals surface area contributed by atoms with E-state index in [1.807, 2.05) is 6.07 Å². The normalized spacial score (nSPS) is 9.95. The van der Waals surface area contributed by atoms with E-state index in [1.54, 1.807) is 38.1 Å². The predicted octanol–water partition coefficient (Wildman–Crippen LogP) is 2.34. The number of hydrogen-bond donors (Lipinski definition) is 1. The largest absolute Gasteiger partial charge is 0.445 e. The minimum Gasteiger partial charge on any atom is -0.445 e. The molecule has 2 aromatic rings. The number of carbonyl (C=O) groups excluding carboxylic acids is 1. The van der Waals surface area contributed by atoms with Gasteiger partial charge in [0, 0.05) is 12.6 Å². The van der Waals surface area contributed by atoms with Gasteiger partial charge in [-0.3, -0.25) is 4.79 Å². The van der Waals surface area contributed by atoms with Crippen LogP contribution in [0.1, 0.15) is 22.9 Å². The lowest BCUT2D eigenvalue weighted by atomic mass is 10.2. The van der Waals surface area contributed by atoms with Gasteiger partial charge in [-0.15, -0.1) is 0 Å². The number of rotatable bonds is 3. The van der Waals surface area contributed by atoms with Crippen molar-refractivity contribution in [2.75, 3.05) is 5.32 Å². The number of aryl methyl sites for hydroxylation is 2. The first-order valence-corrected chi connectivity index (χ1v) is 5.81. The molecule has 0 saturated carbocycles. The van der Waals surface area contributed by atoms with Gasteiger partial charge in [0.15, 0.2) is 5.89 Å². The first kappa shape index (κ1) is 12.8. The zero-order valence-corrected chi connectivity index (χ0v) is 10.7. The first-order chi connectivity index (χ1) is 9.08. The zero-order chi connectivity index (χ0) is 13.8. The quantitative estimate of drug-likeness (QED) is 0.913. The third kappa shape index (κ3) is 3.19. The minimum absolute atomic E-state index is 0.146. The molecule has 0 bridgehead atoms. The molecule has 2 rings (SSSR count). The number of anilines is 1. The van der Waals surface area contributed by atoms with Gasteiger partial charge in [0.25, 0.3) is 0 Å². The lowest BCUT2D eigenvalue weighted by Gasteiger charge is -2.04. The molecule has 0 atom stereocenters. The summed E-state index contributed by atoms with van der Waals surface area (Å²) in [6.07, 6.45) is 0.146. The number of aromatic nitrogens is 1. The van der Waals surface area contributed by atoms with Gasteiger partial charge in [-0.1, -0.05) is 0 Å². The topological polar surface area (TPSA) is 78.9 Å². The van der Waals surface area contributed by atoms with E-state index in [2.05, 4.69) is 10.3 Å². The molecule has 5 nitrogen and oxygen atoms in total. The van der Waals surface area contributed by atoms with E-state index in [1.165, 1.54) is 0 Å². The van der Waals surface area contributed by atoms with Crippen LogP contribution in [0.25, 0.3) is 0 Å². The average molecular weight is 255 g/mol. The molecule has 5 heteroatoms. The Hall–Kier alpha value is -2.61. The lowest BCUT2D eigenvalue weighted by molar-refractivity contribution is -0.115. The number of oxazole rings is 1. The van der Waals surface area contributed by atoms with Gasteiger partial charge in [0.1, 0.15) is 5.76 Å². The highest BCUT2D eigenvalue weighted by Gasteiger charge is 2.11. The SMILES string of the molecule is Cc1nc(C)c(CC(=O)Nc2ccc(C#N)cc2)o1. The Morgan fingerprint density at radius 1 is 1.37 bits per heavy atom. The maximum atomic E-state index is 11.8. The fourth-order valence-electron chi connectivity index (χ4n) is 1.72. The molecule has 0 aliphatic heterocycles. The van der Waals surface area contributed by atoms with E-state index < -0.39 is 0 Å². The molecule has 0 radical (unpaired) electrons. The minimum atomic E-state index is -0.177. The maximum absolute atomic E-state index is 11.8. The molecule has 0 fully saturated rings. The zero-order valence-electron chi connectivity index (χ0n) is 10.7. The van der Waals surface area contributed by atoms with E-state index in [-0.39, 0.29) is 12.3 Å². The number of amides is 1. The summed E-state index contributed by atoms with van der Waals surface area (Å²) >= 11 is 0. The van der Waals surface area contributed by atoms with Gasteiger partial charge in [-0.25, -0.2) is 4.98 Å². The van der Waals surface area contributed by atoms with Crippen LogP contribution in [0.2, 0.25) is 0 Å². The third-order valence-corrected chi connectivity index (χ3v) is 2.62. The monoisotopic (exact) mass is 255 g/mol. The van der Waals surface area contributed by atoms with Crippen molar-refractivity contribution < 1.29 is 9.21 Å². The van der Waals surface area contributed by atoms with Gasteiger partial charge in [0.2, 0.25) is 5.91 Å². The number of benzene rings is 1. The van der Waals surface area contributed by atoms with Crippen LogP contribution in [0.5, 0.6) is 0 Å². The predicted molar refractivity (Wildman–Crippen MR) is 69.5 cm³/mol. The van der Waals surface area contributed by atoms with Crippen LogP contribution in [0, 0.1) is 25.2 Å². The molecule has 1 aromatic carbocycles. The van der Waals surface area contributed by atoms with Crippen LogP contribution in [0.4, 0.5) is 5.69 Å². The van der Waals surface area contributed by atoms with Crippen LogP contribution in [-0.2, 0) is 11.2 Å². The highest BCUT2D eigenvalue weighted by molar-refractivity contribution is 5.92. The Balaban J connectivity index is 2.01. The van der Waals surface area contributed by atoms with E-state index in [0.717, 1.165) is 5.69 Å². The molecule has 1 aromatic heterocycles. The molecular formula is C14H13N3O2. The second kappa shape index (κ2) is 5.36. The summed E-state index contributed by atoms with van der Waals surface area (Å²) in [6, 6.07) is 8.70. The summed E-state index contributed by atoms with van der Waals surface area (Å²) in [5.41, 5.74) is 1.94. The van der Waals surface area contributed by atoms with Crippen molar-refractivity contribution in [3.05, 3.63) is 47.2 Å². The van der Waals surface area contributed by atoms with Crippen LogP contribution in [0.15, 0.2) is 28.7 Å². The number of carbonyl (C=O) groups is 1. The van der Waals surface area contributed by atoms with Crippen LogP contribution >= 0.6 is 0 Å². The molecule has 1 heterocycles. The summed E-state index contributed by atoms with van der Waals surface area (Å²) in [7, 11) is 0. The van der Waals surface area contributed by atoms with Crippen molar-refractivity contribution in [1.29, 1.82) is 5.26 Å². The van der Waals surface area contributed by atoms with Crippen molar-refractivity contribution in [3.63, 3.8) is 0 Å². The number of nitriles is 1. The van der Waals surface area contributed by atoms with Crippen molar-refractivity contribution in [1.82, 2.24) is 4.98 Å². The van der Waals surface area contributed by atoms with Gasteiger partial charge >= 0.3 is 0 Å². The molecule has 0 aliphatic rings. The Kier molecular flexibility index (Phi) is 3.62. The Labute approximate surface area is 110 Å². The molecule has 96 valence electrons. The van der Waals surface area contributed by atoms with Gasteiger partial charge in [-0.05, 0) is 31.2 Å². The summed E-state index contributed by atoms with van der Waals surface area (Å²) < 4.78 is 5.34. The van der Waals surface area contributed by atoms with E-state index >= 15 is 0 Å². The van der Waals surface area contributed by atoms with Gasteiger partial charge < -0.3 is 9.73 Å². The molecule has 19 heavy (non-hydrogen) atoms. The van der Waals surface area contributed by atoms with E-state index in [4.69, 9.17) is 9.68 Å². The van der Waals surface area contributed by atoms with Crippen molar-refractivity contribution in [3.8, 4) is 6.07 Å². The lowest BCUT2D eigenvalue weighted by Crippen LogP contribution is -2.14. The first-order valence-electron chi connectivity index (χ1n) is 5.81. The molecular weight excluding hydrogens is 242 g/mol. The highest BCUT2D eigenvalue weighted by Crippen LogP contribution is 2.12. The molecule has 0 saturated heterocycles. The Morgan fingerprint density at radius 3 is 2.58 bits per heavy atom. The van der Waals surface area contributed by atoms with Crippen molar-refractivity contribution in [2.45, 2.75) is 20.3 Å². The summed E-state index contributed by atoms with van der Waals surface area (Å²) in [5, 5.41) is 11.4. The number of nitrogens with one attached hydrogen (secondary N) is 1. The average Bonchev–Trinajstić information content (AvgIpc) is 2.68. The summed E-state index contributed by atoms with van der Waals surface area (Å²) in [5.74, 6) is 0.950. The van der Waals surface area contributed by atoms with Crippen molar-refractivity contribution in [2.24, 2.45) is 0 Å². The van der Waals surface area contributed by atoms with Crippen LogP contribution < -0.4 is 5.32 Å². The van der Waals surface area contributed by atoms with E-state index in [0.29, 0.717) is 22.9 Å². The molecule has 0 aliphatic carbocycles. The summed E-state index contributed by atoms with van der Waals surface area (Å²) in [4.78, 5) is 15.9. The number of hydrogen-bond acceptors (Lipinski definition) is 4. The van der Waals surface area contributed by atoms with E-state index in [9.17, 15) is 4.79 Å². The highest BCUT2D eigenvalue weighted by atomic mass is 16.4. The smallest absolute Gasteiger partial charge is 0.232 e. The summed E-state index contributed by atoms with van der Waals surface area (Å²) in [6.45, 7) is 3.55. The third-order valence-electron chi connectivity index (χ3n) is 2.62. The number of nitrogens with zero attached hydrogens (tertiary/aromatic N) is 2. The van der Waals surface area contributed by atoms with Crippen LogP contribution in [0.3, 0.4) is 0 Å². The molecule has 1 N–H and O–H groups in total. The Morgan fingerprint density at radius 2 is 2.05 bits per heavy atom. The standard InChI is InChI=1S/C14H13N3O2/c1-9-13(19-10(2)16-9)7-14(18)17-12-5-3-11(8-15)4-6-12/h3-6H,7H2,1-2H3,(H,17,18). The molecule has 1 amide bonds. The second-order valence-electron chi connectivity index (χ2n) is 4.16. The van der Waals surface area contributed by atoms with Crippen LogP contribution in [-0.4, -0.2) is 10.9 Å². The fraction of sp³-hybridized carbons (Fsp3) is 0.214. The van der Waals surface area contributed by atoms with Crippen molar-refractivity contribution >= 4 is 11.6 Å². The molecule has 0 unspecified atom stereocenters. The fourth-order valence-corrected chi connectivity index (χ4v) is 1.72. The Bertz CT molecular complexity index is 636. The van der Waals surface area contributed by atoms with Gasteiger partial charge in [0.05, 0.1) is 23.7 Å². The maximum Gasteiger partial charge on any atom is 0.232 e. The second-order valence-corrected chi connectivity index (χ2v) is 4.16.